The second-order valence-corrected chi connectivity index (χ2v) is 4.24. The molecule has 0 bridgehead atoms. The van der Waals surface area contributed by atoms with E-state index in [0.29, 0.717) is 17.6 Å². The number of nitrogens with zero attached hydrogens (tertiary/aromatic N) is 2. The molecule has 5 nitrogen and oxygen atoms in total. The summed E-state index contributed by atoms with van der Waals surface area (Å²) in [4.78, 5) is 20.5. The molecule has 1 heterocycles. The lowest BCUT2D eigenvalue weighted by molar-refractivity contribution is 0.0955. The molecule has 2 rings (SSSR count). The van der Waals surface area contributed by atoms with Crippen LogP contribution >= 0.6 is 0 Å². The Morgan fingerprint density at radius 2 is 2.00 bits per heavy atom. The van der Waals surface area contributed by atoms with Gasteiger partial charge in [-0.2, -0.15) is 0 Å². The Balaban J connectivity index is 2.01. The highest BCUT2D eigenvalue weighted by atomic mass is 16.1. The quantitative estimate of drug-likeness (QED) is 0.768. The van der Waals surface area contributed by atoms with Crippen molar-refractivity contribution in [1.29, 1.82) is 0 Å². The number of hydrogen-bond acceptors (Lipinski definition) is 4. The largest absolute Gasteiger partial charge is 0.351 e. The zero-order chi connectivity index (χ0) is 13.5. The minimum Gasteiger partial charge on any atom is -0.351 e. The van der Waals surface area contributed by atoms with Gasteiger partial charge in [-0.05, 0) is 25.1 Å². The van der Waals surface area contributed by atoms with Gasteiger partial charge in [-0.25, -0.2) is 0 Å². The minimum absolute atomic E-state index is 0.107. The third kappa shape index (κ3) is 3.48. The van der Waals surface area contributed by atoms with Gasteiger partial charge in [0.2, 0.25) is 0 Å². The summed E-state index contributed by atoms with van der Waals surface area (Å²) in [5.74, 6) is -0.107. The number of hydrogen-bond donors (Lipinski definition) is 2. The highest BCUT2D eigenvalue weighted by Crippen LogP contribution is 2.13. The van der Waals surface area contributed by atoms with Crippen molar-refractivity contribution in [3.8, 4) is 0 Å². The zero-order valence-electron chi connectivity index (χ0n) is 11.0. The maximum absolute atomic E-state index is 12.1. The second kappa shape index (κ2) is 6.80. The third-order valence-electron chi connectivity index (χ3n) is 2.76. The number of amides is 1. The molecule has 5 heteroatoms. The van der Waals surface area contributed by atoms with Crippen LogP contribution < -0.4 is 10.6 Å². The Morgan fingerprint density at radius 1 is 1.16 bits per heavy atom. The Labute approximate surface area is 112 Å². The number of para-hydroxylation sites is 1. The lowest BCUT2D eigenvalue weighted by Gasteiger charge is -2.07. The minimum atomic E-state index is -0.107. The molecule has 0 aliphatic heterocycles. The van der Waals surface area contributed by atoms with Crippen LogP contribution in [0.25, 0.3) is 11.0 Å². The number of rotatable bonds is 6. The smallest absolute Gasteiger partial charge is 0.253 e. The average Bonchev–Trinajstić information content (AvgIpc) is 2.46. The molecule has 0 spiro atoms. The maximum atomic E-state index is 12.1. The molecular formula is C14H18N4O. The van der Waals surface area contributed by atoms with Crippen LogP contribution in [0.2, 0.25) is 0 Å². The topological polar surface area (TPSA) is 66.9 Å². The van der Waals surface area contributed by atoms with Crippen molar-refractivity contribution in [2.75, 3.05) is 19.6 Å². The van der Waals surface area contributed by atoms with Crippen LogP contribution in [0.1, 0.15) is 23.7 Å². The predicted octanol–water partition coefficient (Wildman–Crippen LogP) is 1.36. The molecule has 0 aliphatic rings. The molecule has 0 fully saturated rings. The molecule has 100 valence electrons. The molecule has 19 heavy (non-hydrogen) atoms. The van der Waals surface area contributed by atoms with Crippen molar-refractivity contribution in [1.82, 2.24) is 20.6 Å². The normalized spacial score (nSPS) is 10.6. The Morgan fingerprint density at radius 3 is 2.84 bits per heavy atom. The van der Waals surface area contributed by atoms with Gasteiger partial charge in [0, 0.05) is 25.5 Å². The van der Waals surface area contributed by atoms with E-state index in [2.05, 4.69) is 27.5 Å². The van der Waals surface area contributed by atoms with E-state index in [1.165, 1.54) is 0 Å². The van der Waals surface area contributed by atoms with Crippen molar-refractivity contribution in [3.63, 3.8) is 0 Å². The SMILES string of the molecule is CCCNCCNC(=O)c1cccc2nccnc12. The van der Waals surface area contributed by atoms with Crippen LogP contribution in [-0.4, -0.2) is 35.5 Å². The molecular weight excluding hydrogens is 240 g/mol. The van der Waals surface area contributed by atoms with Crippen molar-refractivity contribution in [3.05, 3.63) is 36.2 Å². The number of aromatic nitrogens is 2. The number of fused-ring (bicyclic) bond motifs is 1. The van der Waals surface area contributed by atoms with E-state index in [-0.39, 0.29) is 5.91 Å². The molecule has 0 saturated carbocycles. The van der Waals surface area contributed by atoms with Crippen molar-refractivity contribution < 1.29 is 4.79 Å². The van der Waals surface area contributed by atoms with Gasteiger partial charge in [0.25, 0.3) is 5.91 Å². The summed E-state index contributed by atoms with van der Waals surface area (Å²) in [6.45, 7) is 4.46. The first kappa shape index (κ1) is 13.4. The van der Waals surface area contributed by atoms with Crippen LogP contribution in [0.5, 0.6) is 0 Å². The van der Waals surface area contributed by atoms with Crippen LogP contribution in [0.4, 0.5) is 0 Å². The van der Waals surface area contributed by atoms with E-state index < -0.39 is 0 Å². The van der Waals surface area contributed by atoms with Gasteiger partial charge in [0.15, 0.2) is 0 Å². The molecule has 1 amide bonds. The van der Waals surface area contributed by atoms with E-state index in [9.17, 15) is 4.79 Å². The summed E-state index contributed by atoms with van der Waals surface area (Å²) in [6, 6.07) is 5.44. The monoisotopic (exact) mass is 258 g/mol. The molecule has 0 aliphatic carbocycles. The molecule has 0 unspecified atom stereocenters. The highest BCUT2D eigenvalue weighted by molar-refractivity contribution is 6.04. The van der Waals surface area contributed by atoms with Gasteiger partial charge in [0.05, 0.1) is 11.1 Å². The lowest BCUT2D eigenvalue weighted by atomic mass is 10.1. The lowest BCUT2D eigenvalue weighted by Crippen LogP contribution is -2.32. The van der Waals surface area contributed by atoms with Gasteiger partial charge in [-0.1, -0.05) is 13.0 Å². The Bertz CT molecular complexity index is 551. The van der Waals surface area contributed by atoms with Crippen LogP contribution in [0.15, 0.2) is 30.6 Å². The summed E-state index contributed by atoms with van der Waals surface area (Å²) < 4.78 is 0. The van der Waals surface area contributed by atoms with Crippen LogP contribution in [0, 0.1) is 0 Å². The van der Waals surface area contributed by atoms with E-state index in [4.69, 9.17) is 0 Å². The van der Waals surface area contributed by atoms with Crippen LogP contribution in [-0.2, 0) is 0 Å². The van der Waals surface area contributed by atoms with Crippen LogP contribution in [0.3, 0.4) is 0 Å². The van der Waals surface area contributed by atoms with Gasteiger partial charge in [-0.3, -0.25) is 14.8 Å². The molecule has 0 saturated heterocycles. The zero-order valence-corrected chi connectivity index (χ0v) is 11.0. The van der Waals surface area contributed by atoms with E-state index in [1.54, 1.807) is 18.5 Å². The molecule has 1 aromatic heterocycles. The fraction of sp³-hybridized carbons (Fsp3) is 0.357. The highest BCUT2D eigenvalue weighted by Gasteiger charge is 2.10. The first-order valence-electron chi connectivity index (χ1n) is 6.51. The number of carbonyl (C=O) groups excluding carboxylic acids is 1. The van der Waals surface area contributed by atoms with Crippen molar-refractivity contribution >= 4 is 16.9 Å². The van der Waals surface area contributed by atoms with E-state index in [0.717, 1.165) is 25.0 Å². The Kier molecular flexibility index (Phi) is 4.80. The summed E-state index contributed by atoms with van der Waals surface area (Å²) in [5.41, 5.74) is 1.95. The van der Waals surface area contributed by atoms with Crippen molar-refractivity contribution in [2.24, 2.45) is 0 Å². The van der Waals surface area contributed by atoms with Crippen molar-refractivity contribution in [2.45, 2.75) is 13.3 Å². The molecule has 0 atom stereocenters. The van der Waals surface area contributed by atoms with Gasteiger partial charge in [-0.15, -0.1) is 0 Å². The predicted molar refractivity (Wildman–Crippen MR) is 75.0 cm³/mol. The fourth-order valence-electron chi connectivity index (χ4n) is 1.84. The molecule has 0 radical (unpaired) electrons. The Hall–Kier alpha value is -2.01. The molecule has 1 aromatic carbocycles. The average molecular weight is 258 g/mol. The van der Waals surface area contributed by atoms with E-state index >= 15 is 0 Å². The first-order valence-corrected chi connectivity index (χ1v) is 6.51. The fourth-order valence-corrected chi connectivity index (χ4v) is 1.84. The second-order valence-electron chi connectivity index (χ2n) is 4.24. The van der Waals surface area contributed by atoms with E-state index in [1.807, 2.05) is 12.1 Å². The summed E-state index contributed by atoms with van der Waals surface area (Å²) in [5, 5.41) is 6.12. The first-order chi connectivity index (χ1) is 9.33. The van der Waals surface area contributed by atoms with Gasteiger partial charge >= 0.3 is 0 Å². The number of benzene rings is 1. The standard InChI is InChI=1S/C14H18N4O/c1-2-6-15-7-8-18-14(19)11-4-3-5-12-13(11)17-10-9-16-12/h3-5,9-10,15H,2,6-8H2,1H3,(H,18,19). The van der Waals surface area contributed by atoms with Gasteiger partial charge < -0.3 is 10.6 Å². The summed E-state index contributed by atoms with van der Waals surface area (Å²) in [7, 11) is 0. The summed E-state index contributed by atoms with van der Waals surface area (Å²) in [6.07, 6.45) is 4.31. The van der Waals surface area contributed by atoms with Gasteiger partial charge in [0.1, 0.15) is 5.52 Å². The number of nitrogens with one attached hydrogen (secondary N) is 2. The maximum Gasteiger partial charge on any atom is 0.253 e. The number of carbonyl (C=O) groups is 1. The molecule has 2 N–H and O–H groups in total. The summed E-state index contributed by atoms with van der Waals surface area (Å²) >= 11 is 0. The third-order valence-corrected chi connectivity index (χ3v) is 2.76. The molecule has 2 aromatic rings.